The van der Waals surface area contributed by atoms with Gasteiger partial charge in [-0.3, -0.25) is 9.55 Å². The SMILES string of the molecule is c1ccc(C2=NC(c3cncc(-n4c5ccccc5c5cc(-c6ccc7c(c6)c6ccccc6n7-c6ccccc6)ccc54)n3)NC(c3ccccc3)=N2)cc1. The van der Waals surface area contributed by atoms with Crippen LogP contribution in [0.25, 0.3) is 66.2 Å². The van der Waals surface area contributed by atoms with E-state index in [1.165, 1.54) is 27.4 Å². The first-order chi connectivity index (χ1) is 27.8. The number of para-hydroxylation sites is 3. The standard InChI is InChI=1S/C49H33N7/c1-4-14-32(15-5-1)47-52-48(33-16-6-2-7-17-33)54-49(53-47)41-30-50-31-46(51-41)56-43-23-13-11-21-38(43)40-29-35(25-27-45(40)56)34-24-26-44-39(28-34)37-20-10-12-22-42(37)55(44)36-18-8-3-9-19-36/h1-31,49H,(H,52,53,54). The van der Waals surface area contributed by atoms with Gasteiger partial charge >= 0.3 is 0 Å². The zero-order chi connectivity index (χ0) is 37.0. The van der Waals surface area contributed by atoms with Crippen molar-refractivity contribution in [2.45, 2.75) is 6.17 Å². The molecule has 7 aromatic carbocycles. The lowest BCUT2D eigenvalue weighted by Gasteiger charge is -2.23. The van der Waals surface area contributed by atoms with E-state index in [4.69, 9.17) is 20.0 Å². The van der Waals surface area contributed by atoms with Crippen molar-refractivity contribution < 1.29 is 0 Å². The Morgan fingerprint density at radius 3 is 1.64 bits per heavy atom. The minimum Gasteiger partial charge on any atom is -0.343 e. The maximum atomic E-state index is 5.24. The van der Waals surface area contributed by atoms with Crippen molar-refractivity contribution in [2.75, 3.05) is 0 Å². The molecule has 0 fully saturated rings. The van der Waals surface area contributed by atoms with Crippen LogP contribution in [0.4, 0.5) is 0 Å². The highest BCUT2D eigenvalue weighted by molar-refractivity contribution is 6.14. The summed E-state index contributed by atoms with van der Waals surface area (Å²) in [5.41, 5.74) is 10.6. The van der Waals surface area contributed by atoms with Crippen LogP contribution in [0.15, 0.2) is 198 Å². The van der Waals surface area contributed by atoms with Crippen LogP contribution in [0.2, 0.25) is 0 Å². The summed E-state index contributed by atoms with van der Waals surface area (Å²) in [5.74, 6) is 2.11. The number of fused-ring (bicyclic) bond motifs is 6. The van der Waals surface area contributed by atoms with Crippen LogP contribution in [0.5, 0.6) is 0 Å². The molecule has 0 aliphatic carbocycles. The first-order valence-electron chi connectivity index (χ1n) is 18.8. The maximum absolute atomic E-state index is 5.24. The highest BCUT2D eigenvalue weighted by atomic mass is 15.2. The van der Waals surface area contributed by atoms with E-state index in [1.807, 2.05) is 66.9 Å². The largest absolute Gasteiger partial charge is 0.343 e. The molecule has 1 atom stereocenters. The van der Waals surface area contributed by atoms with Gasteiger partial charge in [-0.25, -0.2) is 15.0 Å². The van der Waals surface area contributed by atoms with Gasteiger partial charge in [0.1, 0.15) is 11.5 Å². The second kappa shape index (κ2) is 13.0. The Bertz CT molecular complexity index is 3160. The van der Waals surface area contributed by atoms with E-state index in [0.29, 0.717) is 11.5 Å². The molecule has 3 aromatic heterocycles. The Balaban J connectivity index is 1.02. The molecule has 1 unspecified atom stereocenters. The summed E-state index contributed by atoms with van der Waals surface area (Å²) in [6.07, 6.45) is 3.13. The Morgan fingerprint density at radius 1 is 0.446 bits per heavy atom. The highest BCUT2D eigenvalue weighted by Crippen LogP contribution is 2.38. The number of rotatable bonds is 6. The van der Waals surface area contributed by atoms with Crippen LogP contribution in [0.3, 0.4) is 0 Å². The number of hydrogen-bond acceptors (Lipinski definition) is 5. The van der Waals surface area contributed by atoms with Gasteiger partial charge in [-0.15, -0.1) is 0 Å². The lowest BCUT2D eigenvalue weighted by Crippen LogP contribution is -2.34. The average Bonchev–Trinajstić information content (AvgIpc) is 3.79. The average molecular weight is 720 g/mol. The zero-order valence-corrected chi connectivity index (χ0v) is 30.2. The van der Waals surface area contributed by atoms with Crippen molar-refractivity contribution >= 4 is 55.3 Å². The second-order valence-corrected chi connectivity index (χ2v) is 14.0. The van der Waals surface area contributed by atoms with Crippen molar-refractivity contribution in [3.8, 4) is 22.6 Å². The number of benzene rings is 7. The third kappa shape index (κ3) is 5.28. The van der Waals surface area contributed by atoms with E-state index in [1.54, 1.807) is 6.20 Å². The van der Waals surface area contributed by atoms with Gasteiger partial charge in [0.25, 0.3) is 0 Å². The molecule has 1 N–H and O–H groups in total. The number of aliphatic imine (C=N–C) groups is 2. The summed E-state index contributed by atoms with van der Waals surface area (Å²) in [6.45, 7) is 0. The molecule has 0 saturated carbocycles. The third-order valence-electron chi connectivity index (χ3n) is 10.7. The summed E-state index contributed by atoms with van der Waals surface area (Å²) in [7, 11) is 0. The summed E-state index contributed by atoms with van der Waals surface area (Å²) in [6, 6.07) is 61.5. The molecule has 10 aromatic rings. The first-order valence-corrected chi connectivity index (χ1v) is 18.8. The van der Waals surface area contributed by atoms with E-state index in [9.17, 15) is 0 Å². The molecule has 56 heavy (non-hydrogen) atoms. The quantitative estimate of drug-likeness (QED) is 0.186. The summed E-state index contributed by atoms with van der Waals surface area (Å²) < 4.78 is 4.56. The van der Waals surface area contributed by atoms with Gasteiger partial charge in [0.2, 0.25) is 0 Å². The molecule has 0 radical (unpaired) electrons. The molecule has 4 heterocycles. The van der Waals surface area contributed by atoms with Gasteiger partial charge in [-0.1, -0.05) is 127 Å². The molecule has 0 bridgehead atoms. The molecule has 7 heteroatoms. The Kier molecular flexibility index (Phi) is 7.41. The summed E-state index contributed by atoms with van der Waals surface area (Å²) >= 11 is 0. The molecule has 7 nitrogen and oxygen atoms in total. The molecule has 0 spiro atoms. The number of nitrogens with zero attached hydrogens (tertiary/aromatic N) is 6. The predicted octanol–water partition coefficient (Wildman–Crippen LogP) is 10.8. The highest BCUT2D eigenvalue weighted by Gasteiger charge is 2.24. The van der Waals surface area contributed by atoms with E-state index < -0.39 is 6.17 Å². The molecule has 1 aliphatic rings. The normalized spacial score (nSPS) is 14.2. The van der Waals surface area contributed by atoms with Crippen LogP contribution in [0.1, 0.15) is 23.0 Å². The smallest absolute Gasteiger partial charge is 0.166 e. The first kappa shape index (κ1) is 31.8. The second-order valence-electron chi connectivity index (χ2n) is 14.0. The van der Waals surface area contributed by atoms with E-state index in [-0.39, 0.29) is 0 Å². The molecule has 11 rings (SSSR count). The van der Waals surface area contributed by atoms with Crippen molar-refractivity contribution in [3.05, 3.63) is 205 Å². The zero-order valence-electron chi connectivity index (χ0n) is 30.2. The lowest BCUT2D eigenvalue weighted by atomic mass is 10.0. The third-order valence-corrected chi connectivity index (χ3v) is 10.7. The maximum Gasteiger partial charge on any atom is 0.166 e. The Morgan fingerprint density at radius 2 is 0.982 bits per heavy atom. The monoisotopic (exact) mass is 719 g/mol. The van der Waals surface area contributed by atoms with Crippen molar-refractivity contribution in [3.63, 3.8) is 0 Å². The summed E-state index contributed by atoms with van der Waals surface area (Å²) in [5, 5.41) is 8.30. The fraction of sp³-hybridized carbons (Fsp3) is 0.0204. The van der Waals surface area contributed by atoms with Crippen LogP contribution in [-0.2, 0) is 0 Å². The molecular formula is C49H33N7. The molecule has 264 valence electrons. The van der Waals surface area contributed by atoms with Gasteiger partial charge in [0.15, 0.2) is 17.8 Å². The fourth-order valence-corrected chi connectivity index (χ4v) is 8.08. The Hall–Kier alpha value is -7.64. The van der Waals surface area contributed by atoms with Crippen molar-refractivity contribution in [1.29, 1.82) is 0 Å². The van der Waals surface area contributed by atoms with Crippen molar-refractivity contribution in [1.82, 2.24) is 24.4 Å². The Labute approximate surface area is 322 Å². The predicted molar refractivity (Wildman–Crippen MR) is 228 cm³/mol. The van der Waals surface area contributed by atoms with E-state index in [2.05, 4.69) is 130 Å². The lowest BCUT2D eigenvalue weighted by molar-refractivity contribution is 0.646. The molecular weight excluding hydrogens is 687 g/mol. The number of hydrogen-bond donors (Lipinski definition) is 1. The van der Waals surface area contributed by atoms with Crippen LogP contribution >= 0.6 is 0 Å². The van der Waals surface area contributed by atoms with Crippen LogP contribution < -0.4 is 5.32 Å². The van der Waals surface area contributed by atoms with Gasteiger partial charge < -0.3 is 9.88 Å². The number of aromatic nitrogens is 4. The number of nitrogens with one attached hydrogen (secondary N) is 1. The van der Waals surface area contributed by atoms with E-state index in [0.717, 1.165) is 55.8 Å². The van der Waals surface area contributed by atoms with Gasteiger partial charge in [0.05, 0.1) is 34.5 Å². The van der Waals surface area contributed by atoms with E-state index >= 15 is 0 Å². The van der Waals surface area contributed by atoms with Crippen LogP contribution in [-0.4, -0.2) is 30.8 Å². The van der Waals surface area contributed by atoms with Gasteiger partial charge in [0, 0.05) is 38.4 Å². The van der Waals surface area contributed by atoms with Gasteiger partial charge in [-0.05, 0) is 59.7 Å². The minimum absolute atomic E-state index is 0.493. The molecule has 1 aliphatic heterocycles. The molecule has 0 saturated heterocycles. The minimum atomic E-state index is -0.493. The topological polar surface area (TPSA) is 72.4 Å². The van der Waals surface area contributed by atoms with Gasteiger partial charge in [-0.2, -0.15) is 0 Å². The van der Waals surface area contributed by atoms with Crippen LogP contribution in [0, 0.1) is 0 Å². The number of amidine groups is 2. The molecule has 0 amide bonds. The summed E-state index contributed by atoms with van der Waals surface area (Å²) in [4.78, 5) is 20.0. The van der Waals surface area contributed by atoms with Crippen molar-refractivity contribution in [2.24, 2.45) is 9.98 Å². The fourth-order valence-electron chi connectivity index (χ4n) is 8.08.